The Labute approximate surface area is 165 Å². The van der Waals surface area contributed by atoms with Gasteiger partial charge in [-0.15, -0.1) is 0 Å². The number of nitrogens with zero attached hydrogens (tertiary/aromatic N) is 4. The fourth-order valence-electron chi connectivity index (χ4n) is 3.00. The number of ether oxygens (including phenoxy) is 1. The summed E-state index contributed by atoms with van der Waals surface area (Å²) >= 11 is 0. The summed E-state index contributed by atoms with van der Waals surface area (Å²) in [4.78, 5) is 34.1. The Morgan fingerprint density at radius 3 is 2.82 bits per heavy atom. The molecule has 2 heterocycles. The molecule has 1 atom stereocenters. The van der Waals surface area contributed by atoms with Crippen molar-refractivity contribution in [3.63, 3.8) is 0 Å². The zero-order chi connectivity index (χ0) is 20.4. The molecule has 10 nitrogen and oxygen atoms in total. The van der Waals surface area contributed by atoms with Gasteiger partial charge in [0.1, 0.15) is 5.82 Å². The van der Waals surface area contributed by atoms with Gasteiger partial charge >= 0.3 is 0 Å². The molecule has 1 saturated heterocycles. The maximum Gasteiger partial charge on any atom is 0.243 e. The van der Waals surface area contributed by atoms with Crippen LogP contribution in [0, 0.1) is 12.8 Å². The number of amides is 2. The van der Waals surface area contributed by atoms with Crippen molar-refractivity contribution in [3.05, 3.63) is 11.8 Å². The molecule has 3 N–H and O–H groups in total. The first-order chi connectivity index (χ1) is 13.5. The number of nitrogens with one attached hydrogen (secondary N) is 2. The summed E-state index contributed by atoms with van der Waals surface area (Å²) in [6.45, 7) is 6.67. The first kappa shape index (κ1) is 21.8. The molecule has 2 rings (SSSR count). The number of aryl methyl sites for hydroxylation is 1. The summed E-state index contributed by atoms with van der Waals surface area (Å²) in [6.07, 6.45) is 3.70. The van der Waals surface area contributed by atoms with E-state index in [0.29, 0.717) is 37.1 Å². The van der Waals surface area contributed by atoms with Crippen molar-refractivity contribution < 1.29 is 19.5 Å². The van der Waals surface area contributed by atoms with Gasteiger partial charge < -0.3 is 9.64 Å². The van der Waals surface area contributed by atoms with E-state index < -0.39 is 5.92 Å². The van der Waals surface area contributed by atoms with E-state index in [-0.39, 0.29) is 12.5 Å². The molecule has 1 aromatic heterocycles. The lowest BCUT2D eigenvalue weighted by Crippen LogP contribution is -2.41. The van der Waals surface area contributed by atoms with Crippen LogP contribution >= 0.6 is 0 Å². The Kier molecular flexibility index (Phi) is 8.89. The lowest BCUT2D eigenvalue weighted by molar-refractivity contribution is -0.154. The Bertz CT molecular complexity index is 639. The molecule has 0 radical (unpaired) electrons. The molecule has 28 heavy (non-hydrogen) atoms. The zero-order valence-corrected chi connectivity index (χ0v) is 16.6. The average molecular weight is 394 g/mol. The van der Waals surface area contributed by atoms with E-state index in [0.717, 1.165) is 43.9 Å². The zero-order valence-electron chi connectivity index (χ0n) is 16.6. The molecule has 0 bridgehead atoms. The standard InChI is InChI=1S/C18H30N6O4/c1-3-4-5-6-15(12-24(27)13-25)17(26)21-22-18-19-14(2)11-16(20-18)23-7-9-28-10-8-23/h11,13,15,27H,3-10,12H2,1-2H3,(H,21,26)(H,19,20,22). The minimum Gasteiger partial charge on any atom is -0.378 e. The number of aromatic nitrogens is 2. The van der Waals surface area contributed by atoms with Gasteiger partial charge in [0.05, 0.1) is 25.7 Å². The molecular formula is C18H30N6O4. The number of anilines is 2. The van der Waals surface area contributed by atoms with Crippen LogP contribution in [0.5, 0.6) is 0 Å². The molecule has 10 heteroatoms. The van der Waals surface area contributed by atoms with Crippen molar-refractivity contribution in [1.82, 2.24) is 20.5 Å². The smallest absolute Gasteiger partial charge is 0.243 e. The highest BCUT2D eigenvalue weighted by Crippen LogP contribution is 2.16. The summed E-state index contributed by atoms with van der Waals surface area (Å²) in [5, 5.41) is 9.96. The van der Waals surface area contributed by atoms with Gasteiger partial charge in [0.25, 0.3) is 0 Å². The van der Waals surface area contributed by atoms with E-state index in [4.69, 9.17) is 4.74 Å². The van der Waals surface area contributed by atoms with Gasteiger partial charge in [-0.2, -0.15) is 4.98 Å². The van der Waals surface area contributed by atoms with Crippen LogP contribution in [0.1, 0.15) is 38.3 Å². The van der Waals surface area contributed by atoms with Crippen LogP contribution in [0.25, 0.3) is 0 Å². The van der Waals surface area contributed by atoms with E-state index >= 15 is 0 Å². The predicted octanol–water partition coefficient (Wildman–Crippen LogP) is 1.11. The van der Waals surface area contributed by atoms with Gasteiger partial charge in [0.15, 0.2) is 0 Å². The number of unbranched alkanes of at least 4 members (excludes halogenated alkanes) is 2. The van der Waals surface area contributed by atoms with E-state index in [9.17, 15) is 14.8 Å². The molecule has 2 amide bonds. The Balaban J connectivity index is 1.98. The van der Waals surface area contributed by atoms with Gasteiger partial charge in [-0.25, -0.2) is 10.0 Å². The van der Waals surface area contributed by atoms with Gasteiger partial charge in [0.2, 0.25) is 18.3 Å². The van der Waals surface area contributed by atoms with E-state index in [1.54, 1.807) is 0 Å². The van der Waals surface area contributed by atoms with E-state index in [1.807, 2.05) is 13.0 Å². The topological polar surface area (TPSA) is 120 Å². The lowest BCUT2D eigenvalue weighted by Gasteiger charge is -2.28. The number of hydrogen-bond acceptors (Lipinski definition) is 8. The normalized spacial score (nSPS) is 15.0. The third kappa shape index (κ3) is 6.93. The minimum absolute atomic E-state index is 0.0611. The summed E-state index contributed by atoms with van der Waals surface area (Å²) in [5.41, 5.74) is 6.13. The van der Waals surface area contributed by atoms with Gasteiger partial charge in [0, 0.05) is 24.8 Å². The lowest BCUT2D eigenvalue weighted by atomic mass is 10.0. The monoisotopic (exact) mass is 394 g/mol. The van der Waals surface area contributed by atoms with E-state index in [1.165, 1.54) is 0 Å². The summed E-state index contributed by atoms with van der Waals surface area (Å²) < 4.78 is 5.36. The van der Waals surface area contributed by atoms with Gasteiger partial charge in [-0.05, 0) is 13.3 Å². The van der Waals surface area contributed by atoms with Crippen molar-refractivity contribution in [2.45, 2.75) is 39.5 Å². The molecule has 0 spiro atoms. The molecule has 0 aromatic carbocycles. The summed E-state index contributed by atoms with van der Waals surface area (Å²) in [7, 11) is 0. The van der Waals surface area contributed by atoms with Crippen LogP contribution in [0.3, 0.4) is 0 Å². The van der Waals surface area contributed by atoms with Crippen LogP contribution in [-0.2, 0) is 14.3 Å². The number of hydrogen-bond donors (Lipinski definition) is 3. The first-order valence-electron chi connectivity index (χ1n) is 9.68. The Morgan fingerprint density at radius 2 is 2.14 bits per heavy atom. The van der Waals surface area contributed by atoms with Crippen molar-refractivity contribution in [2.24, 2.45) is 5.92 Å². The van der Waals surface area contributed by atoms with Crippen LogP contribution < -0.4 is 15.8 Å². The Morgan fingerprint density at radius 1 is 1.39 bits per heavy atom. The first-order valence-corrected chi connectivity index (χ1v) is 9.68. The molecule has 1 aliphatic heterocycles. The largest absolute Gasteiger partial charge is 0.378 e. The van der Waals surface area contributed by atoms with Gasteiger partial charge in [-0.1, -0.05) is 26.2 Å². The average Bonchev–Trinajstić information content (AvgIpc) is 2.71. The number of morpholine rings is 1. The highest BCUT2D eigenvalue weighted by molar-refractivity contribution is 5.80. The van der Waals surface area contributed by atoms with Crippen LogP contribution in [-0.4, -0.2) is 65.4 Å². The highest BCUT2D eigenvalue weighted by Gasteiger charge is 2.21. The second-order valence-corrected chi connectivity index (χ2v) is 6.82. The SMILES string of the molecule is CCCCCC(CN(O)C=O)C(=O)NNc1nc(C)cc(N2CCOCC2)n1. The number of hydroxylamine groups is 2. The number of hydrazine groups is 1. The Hall–Kier alpha value is -2.46. The number of rotatable bonds is 11. The fourth-order valence-corrected chi connectivity index (χ4v) is 3.00. The van der Waals surface area contributed by atoms with Crippen molar-refractivity contribution in [3.8, 4) is 0 Å². The molecule has 0 aliphatic carbocycles. The molecule has 1 fully saturated rings. The highest BCUT2D eigenvalue weighted by atomic mass is 16.5. The van der Waals surface area contributed by atoms with Crippen molar-refractivity contribution in [1.29, 1.82) is 0 Å². The molecule has 156 valence electrons. The summed E-state index contributed by atoms with van der Waals surface area (Å²) in [6, 6.07) is 1.89. The van der Waals surface area contributed by atoms with Gasteiger partial charge in [-0.3, -0.25) is 25.6 Å². The second-order valence-electron chi connectivity index (χ2n) is 6.82. The second kappa shape index (κ2) is 11.4. The fraction of sp³-hybridized carbons (Fsp3) is 0.667. The van der Waals surface area contributed by atoms with Crippen molar-refractivity contribution in [2.75, 3.05) is 43.2 Å². The predicted molar refractivity (Wildman–Crippen MR) is 104 cm³/mol. The molecule has 1 aliphatic rings. The van der Waals surface area contributed by atoms with Crippen LogP contribution in [0.15, 0.2) is 6.07 Å². The number of carbonyl (C=O) groups is 2. The molecule has 1 aromatic rings. The minimum atomic E-state index is -0.530. The third-order valence-electron chi connectivity index (χ3n) is 4.53. The molecule has 1 unspecified atom stereocenters. The maximum atomic E-state index is 12.5. The van der Waals surface area contributed by atoms with Crippen LogP contribution in [0.2, 0.25) is 0 Å². The quantitative estimate of drug-likeness (QED) is 0.221. The maximum absolute atomic E-state index is 12.5. The third-order valence-corrected chi connectivity index (χ3v) is 4.53. The van der Waals surface area contributed by atoms with E-state index in [2.05, 4.69) is 32.6 Å². The summed E-state index contributed by atoms with van der Waals surface area (Å²) in [5.74, 6) is 0.209. The van der Waals surface area contributed by atoms with Crippen molar-refractivity contribution >= 4 is 24.1 Å². The molecule has 0 saturated carbocycles. The number of carbonyl (C=O) groups excluding carboxylic acids is 2. The molecular weight excluding hydrogens is 364 g/mol. The van der Waals surface area contributed by atoms with Crippen LogP contribution in [0.4, 0.5) is 11.8 Å².